The van der Waals surface area contributed by atoms with E-state index in [-0.39, 0.29) is 23.8 Å². The summed E-state index contributed by atoms with van der Waals surface area (Å²) in [6.07, 6.45) is 2.93. The number of hydrogen-bond acceptors (Lipinski definition) is 4. The molecule has 2 heterocycles. The number of rotatable bonds is 4. The van der Waals surface area contributed by atoms with E-state index in [1.54, 1.807) is 26.2 Å². The van der Waals surface area contributed by atoms with E-state index >= 15 is 0 Å². The lowest BCUT2D eigenvalue weighted by Crippen LogP contribution is -2.43. The molecule has 2 amide bonds. The molecule has 136 valence electrons. The van der Waals surface area contributed by atoms with Gasteiger partial charge in [0.1, 0.15) is 11.5 Å². The maximum Gasteiger partial charge on any atom is 0.226 e. The largest absolute Gasteiger partial charge is 0.497 e. The van der Waals surface area contributed by atoms with Gasteiger partial charge >= 0.3 is 0 Å². The lowest BCUT2D eigenvalue weighted by molar-refractivity contribution is -0.145. The number of likely N-dealkylation sites (tertiary alicyclic amines) is 2. The zero-order valence-corrected chi connectivity index (χ0v) is 15.2. The van der Waals surface area contributed by atoms with Crippen LogP contribution in [0.1, 0.15) is 37.3 Å². The average Bonchev–Trinajstić information content (AvgIpc) is 3.12. The van der Waals surface area contributed by atoms with E-state index in [4.69, 9.17) is 9.47 Å². The van der Waals surface area contributed by atoms with Gasteiger partial charge < -0.3 is 19.3 Å². The third-order valence-corrected chi connectivity index (χ3v) is 5.34. The van der Waals surface area contributed by atoms with E-state index < -0.39 is 0 Å². The first-order valence-electron chi connectivity index (χ1n) is 8.81. The maximum absolute atomic E-state index is 13.0. The lowest BCUT2D eigenvalue weighted by atomic mass is 9.94. The van der Waals surface area contributed by atoms with Crippen molar-refractivity contribution >= 4 is 11.8 Å². The Morgan fingerprint density at radius 2 is 1.96 bits per heavy atom. The Bertz CT molecular complexity index is 661. The quantitative estimate of drug-likeness (QED) is 0.839. The summed E-state index contributed by atoms with van der Waals surface area (Å²) >= 11 is 0. The number of amides is 2. The fraction of sp³-hybridized carbons (Fsp3) is 0.579. The van der Waals surface area contributed by atoms with Crippen molar-refractivity contribution in [2.45, 2.75) is 31.7 Å². The molecule has 25 heavy (non-hydrogen) atoms. The van der Waals surface area contributed by atoms with Gasteiger partial charge in [0.05, 0.1) is 20.3 Å². The van der Waals surface area contributed by atoms with Gasteiger partial charge in [-0.15, -0.1) is 0 Å². The Kier molecular flexibility index (Phi) is 5.16. The lowest BCUT2D eigenvalue weighted by Gasteiger charge is -2.33. The fourth-order valence-electron chi connectivity index (χ4n) is 3.84. The molecule has 6 heteroatoms. The van der Waals surface area contributed by atoms with Crippen molar-refractivity contribution in [3.05, 3.63) is 23.8 Å². The summed E-state index contributed by atoms with van der Waals surface area (Å²) in [6, 6.07) is 5.74. The van der Waals surface area contributed by atoms with E-state index in [1.807, 2.05) is 23.1 Å². The van der Waals surface area contributed by atoms with Crippen molar-refractivity contribution in [2.75, 3.05) is 34.4 Å². The number of carbonyl (C=O) groups is 2. The average molecular weight is 346 g/mol. The standard InChI is InChI=1S/C19H26N2O4/c1-20-10-8-13(11-18(20)22)19(23)21-9-4-5-16(21)15-7-6-14(24-2)12-17(15)25-3/h6-7,12-13,16H,4-5,8-11H2,1-3H3/t13-,16-/m0/s1. The van der Waals surface area contributed by atoms with Crippen LogP contribution in [0.3, 0.4) is 0 Å². The predicted octanol–water partition coefficient (Wildman–Crippen LogP) is 2.24. The van der Waals surface area contributed by atoms with E-state index in [9.17, 15) is 9.59 Å². The number of ether oxygens (including phenoxy) is 2. The topological polar surface area (TPSA) is 59.1 Å². The van der Waals surface area contributed by atoms with Crippen molar-refractivity contribution in [1.82, 2.24) is 9.80 Å². The minimum Gasteiger partial charge on any atom is -0.497 e. The molecule has 2 fully saturated rings. The second kappa shape index (κ2) is 7.33. The number of benzene rings is 1. The Balaban J connectivity index is 1.81. The zero-order chi connectivity index (χ0) is 18.0. The molecule has 2 aliphatic heterocycles. The predicted molar refractivity (Wildman–Crippen MR) is 93.6 cm³/mol. The van der Waals surface area contributed by atoms with Gasteiger partial charge in [-0.25, -0.2) is 0 Å². The molecule has 0 bridgehead atoms. The highest BCUT2D eigenvalue weighted by atomic mass is 16.5. The summed E-state index contributed by atoms with van der Waals surface area (Å²) in [6.45, 7) is 1.39. The number of carbonyl (C=O) groups excluding carboxylic acids is 2. The van der Waals surface area contributed by atoms with E-state index in [0.717, 1.165) is 42.9 Å². The van der Waals surface area contributed by atoms with Crippen LogP contribution in [0.2, 0.25) is 0 Å². The van der Waals surface area contributed by atoms with Crippen molar-refractivity contribution in [3.63, 3.8) is 0 Å². The monoisotopic (exact) mass is 346 g/mol. The first-order valence-corrected chi connectivity index (χ1v) is 8.81. The Morgan fingerprint density at radius 3 is 2.64 bits per heavy atom. The molecule has 2 aliphatic rings. The SMILES string of the molecule is COc1ccc([C@@H]2CCCN2C(=O)[C@H]2CCN(C)C(=O)C2)c(OC)c1. The van der Waals surface area contributed by atoms with Crippen LogP contribution >= 0.6 is 0 Å². The number of nitrogens with zero attached hydrogens (tertiary/aromatic N) is 2. The molecule has 1 aromatic carbocycles. The molecule has 2 atom stereocenters. The van der Waals surface area contributed by atoms with Crippen LogP contribution < -0.4 is 9.47 Å². The van der Waals surface area contributed by atoms with Gasteiger partial charge in [0.25, 0.3) is 0 Å². The Labute approximate surface area is 148 Å². The van der Waals surface area contributed by atoms with Gasteiger partial charge in [0.15, 0.2) is 0 Å². The minimum absolute atomic E-state index is 0.00288. The molecule has 2 saturated heterocycles. The molecule has 0 saturated carbocycles. The third kappa shape index (κ3) is 3.43. The highest BCUT2D eigenvalue weighted by Crippen LogP contribution is 2.40. The summed E-state index contributed by atoms with van der Waals surface area (Å²) in [5, 5.41) is 0. The minimum atomic E-state index is -0.200. The zero-order valence-electron chi connectivity index (χ0n) is 15.2. The van der Waals surface area contributed by atoms with Crippen molar-refractivity contribution in [1.29, 1.82) is 0 Å². The molecule has 0 radical (unpaired) electrons. The van der Waals surface area contributed by atoms with Crippen LogP contribution in [0.5, 0.6) is 11.5 Å². The normalized spacial score (nSPS) is 23.7. The molecule has 0 N–H and O–H groups in total. The summed E-state index contributed by atoms with van der Waals surface area (Å²) in [4.78, 5) is 28.7. The molecular formula is C19H26N2O4. The molecule has 3 rings (SSSR count). The first-order chi connectivity index (χ1) is 12.0. The van der Waals surface area contributed by atoms with Gasteiger partial charge in [-0.1, -0.05) is 0 Å². The van der Waals surface area contributed by atoms with E-state index in [0.29, 0.717) is 13.0 Å². The molecule has 6 nitrogen and oxygen atoms in total. The maximum atomic E-state index is 13.0. The number of hydrogen-bond donors (Lipinski definition) is 0. The molecular weight excluding hydrogens is 320 g/mol. The molecule has 0 aromatic heterocycles. The third-order valence-electron chi connectivity index (χ3n) is 5.34. The van der Waals surface area contributed by atoms with Crippen LogP contribution in [-0.4, -0.2) is 56.0 Å². The molecule has 0 spiro atoms. The van der Waals surface area contributed by atoms with Gasteiger partial charge in [-0.05, 0) is 31.4 Å². The Morgan fingerprint density at radius 1 is 1.16 bits per heavy atom. The van der Waals surface area contributed by atoms with Crippen LogP contribution in [0, 0.1) is 5.92 Å². The van der Waals surface area contributed by atoms with Gasteiger partial charge in [-0.2, -0.15) is 0 Å². The van der Waals surface area contributed by atoms with Crippen LogP contribution in [0.15, 0.2) is 18.2 Å². The van der Waals surface area contributed by atoms with E-state index in [2.05, 4.69) is 0 Å². The highest BCUT2D eigenvalue weighted by Gasteiger charge is 2.37. The van der Waals surface area contributed by atoms with Crippen molar-refractivity contribution in [2.24, 2.45) is 5.92 Å². The Hall–Kier alpha value is -2.24. The number of piperidine rings is 1. The first kappa shape index (κ1) is 17.6. The molecule has 0 unspecified atom stereocenters. The summed E-state index contributed by atoms with van der Waals surface area (Å²) in [5.74, 6) is 1.43. The van der Waals surface area contributed by atoms with Crippen molar-refractivity contribution < 1.29 is 19.1 Å². The molecule has 0 aliphatic carbocycles. The van der Waals surface area contributed by atoms with Crippen LogP contribution in [0.4, 0.5) is 0 Å². The summed E-state index contributed by atoms with van der Waals surface area (Å²) in [5.41, 5.74) is 1.01. The second-order valence-corrected chi connectivity index (χ2v) is 6.80. The summed E-state index contributed by atoms with van der Waals surface area (Å²) < 4.78 is 10.8. The van der Waals surface area contributed by atoms with Crippen LogP contribution in [-0.2, 0) is 9.59 Å². The number of methoxy groups -OCH3 is 2. The van der Waals surface area contributed by atoms with Gasteiger partial charge in [0.2, 0.25) is 11.8 Å². The smallest absolute Gasteiger partial charge is 0.226 e. The second-order valence-electron chi connectivity index (χ2n) is 6.80. The van der Waals surface area contributed by atoms with Crippen LogP contribution in [0.25, 0.3) is 0 Å². The fourth-order valence-corrected chi connectivity index (χ4v) is 3.84. The summed E-state index contributed by atoms with van der Waals surface area (Å²) in [7, 11) is 5.05. The highest BCUT2D eigenvalue weighted by molar-refractivity contribution is 5.87. The van der Waals surface area contributed by atoms with Gasteiger partial charge in [0, 0.05) is 44.1 Å². The molecule has 1 aromatic rings. The van der Waals surface area contributed by atoms with Gasteiger partial charge in [-0.3, -0.25) is 9.59 Å². The van der Waals surface area contributed by atoms with E-state index in [1.165, 1.54) is 0 Å². The van der Waals surface area contributed by atoms with Crippen molar-refractivity contribution in [3.8, 4) is 11.5 Å².